The third-order valence-electron chi connectivity index (χ3n) is 1.58. The molecule has 96 valence electrons. The number of hydrogen-bond donors (Lipinski definition) is 0. The normalized spacial score (nSPS) is 11.8. The minimum Gasteiger partial charge on any atom is -0.480 e. The Morgan fingerprint density at radius 3 is 2.12 bits per heavy atom. The summed E-state index contributed by atoms with van der Waals surface area (Å²) in [5, 5.41) is 0. The third kappa shape index (κ3) is 3.45. The van der Waals surface area contributed by atoms with Crippen molar-refractivity contribution in [2.24, 2.45) is 0 Å². The largest absolute Gasteiger partial charge is 0.480 e. The molecule has 0 spiro atoms. The Balaban J connectivity index is 3.28. The van der Waals surface area contributed by atoms with Gasteiger partial charge in [0.05, 0.1) is 13.2 Å². The first kappa shape index (κ1) is 14.0. The van der Waals surface area contributed by atoms with Crippen molar-refractivity contribution in [2.45, 2.75) is 26.1 Å². The first-order valence-corrected chi connectivity index (χ1v) is 5.40. The summed E-state index contributed by atoms with van der Waals surface area (Å²) in [5.74, 6) is -1.71. The lowest BCUT2D eigenvalue weighted by molar-refractivity contribution is -0.145. The van der Waals surface area contributed by atoms with E-state index in [1.165, 1.54) is 7.11 Å². The number of nitrogens with zero attached hydrogens (tertiary/aromatic N) is 2. The molecule has 0 aromatic carbocycles. The van der Waals surface area contributed by atoms with Crippen molar-refractivity contribution in [3.8, 4) is 11.8 Å². The zero-order chi connectivity index (χ0) is 13.2. The summed E-state index contributed by atoms with van der Waals surface area (Å²) in [6, 6.07) is 0. The van der Waals surface area contributed by atoms with Crippen molar-refractivity contribution in [3.63, 3.8) is 0 Å². The van der Waals surface area contributed by atoms with E-state index >= 15 is 0 Å². The Labute approximate surface area is 104 Å². The number of halogens is 4. The molecule has 1 aromatic rings. The molecule has 0 unspecified atom stereocenters. The van der Waals surface area contributed by atoms with Crippen LogP contribution in [0.25, 0.3) is 0 Å². The highest BCUT2D eigenvalue weighted by molar-refractivity contribution is 9.10. The van der Waals surface area contributed by atoms with E-state index in [-0.39, 0.29) is 22.3 Å². The maximum absolute atomic E-state index is 12.5. The quantitative estimate of drug-likeness (QED) is 0.860. The number of ether oxygens (including phenoxy) is 2. The maximum atomic E-state index is 12.5. The van der Waals surface area contributed by atoms with E-state index in [2.05, 4.69) is 25.9 Å². The van der Waals surface area contributed by atoms with Crippen LogP contribution in [0.1, 0.15) is 19.7 Å². The molecule has 0 fully saturated rings. The van der Waals surface area contributed by atoms with Crippen LogP contribution < -0.4 is 9.47 Å². The molecular formula is C9H10BrF3N2O2. The van der Waals surface area contributed by atoms with Crippen molar-refractivity contribution in [3.05, 3.63) is 10.3 Å². The van der Waals surface area contributed by atoms with Crippen LogP contribution in [0.15, 0.2) is 4.47 Å². The maximum Gasteiger partial charge on any atom is 0.451 e. The van der Waals surface area contributed by atoms with Gasteiger partial charge in [-0.2, -0.15) is 23.1 Å². The minimum absolute atomic E-state index is 0.154. The van der Waals surface area contributed by atoms with Crippen molar-refractivity contribution in [2.75, 3.05) is 7.11 Å². The first-order valence-electron chi connectivity index (χ1n) is 4.61. The van der Waals surface area contributed by atoms with Crippen LogP contribution >= 0.6 is 15.9 Å². The molecule has 0 aliphatic carbocycles. The van der Waals surface area contributed by atoms with E-state index in [1.54, 1.807) is 13.8 Å². The van der Waals surface area contributed by atoms with E-state index in [0.29, 0.717) is 0 Å². The van der Waals surface area contributed by atoms with Gasteiger partial charge in [-0.05, 0) is 29.8 Å². The van der Waals surface area contributed by atoms with Gasteiger partial charge in [-0.25, -0.2) is 0 Å². The van der Waals surface area contributed by atoms with Gasteiger partial charge < -0.3 is 9.47 Å². The molecule has 0 radical (unpaired) electrons. The topological polar surface area (TPSA) is 44.2 Å². The van der Waals surface area contributed by atoms with Crippen LogP contribution in [0.2, 0.25) is 0 Å². The average Bonchev–Trinajstić information content (AvgIpc) is 2.18. The number of methoxy groups -OCH3 is 1. The number of hydrogen-bond acceptors (Lipinski definition) is 4. The number of aromatic nitrogens is 2. The lowest BCUT2D eigenvalue weighted by Crippen LogP contribution is -2.15. The number of alkyl halides is 3. The fraction of sp³-hybridized carbons (Fsp3) is 0.556. The summed E-state index contributed by atoms with van der Waals surface area (Å²) >= 11 is 3.03. The second kappa shape index (κ2) is 5.07. The van der Waals surface area contributed by atoms with E-state index in [0.717, 1.165) is 0 Å². The third-order valence-corrected chi connectivity index (χ3v) is 2.26. The van der Waals surface area contributed by atoms with Gasteiger partial charge in [0.25, 0.3) is 0 Å². The average molecular weight is 315 g/mol. The van der Waals surface area contributed by atoms with Crippen LogP contribution in [-0.4, -0.2) is 23.2 Å². The lowest BCUT2D eigenvalue weighted by Gasteiger charge is -2.14. The highest BCUT2D eigenvalue weighted by Crippen LogP contribution is 2.36. The highest BCUT2D eigenvalue weighted by Gasteiger charge is 2.37. The van der Waals surface area contributed by atoms with E-state index < -0.39 is 12.0 Å². The summed E-state index contributed by atoms with van der Waals surface area (Å²) in [4.78, 5) is 6.55. The molecule has 17 heavy (non-hydrogen) atoms. The van der Waals surface area contributed by atoms with Crippen LogP contribution in [0, 0.1) is 0 Å². The molecule has 0 amide bonds. The van der Waals surface area contributed by atoms with E-state index in [4.69, 9.17) is 9.47 Å². The minimum atomic E-state index is -4.65. The van der Waals surface area contributed by atoms with Crippen LogP contribution in [-0.2, 0) is 6.18 Å². The molecule has 0 N–H and O–H groups in total. The Hall–Kier alpha value is -1.05. The van der Waals surface area contributed by atoms with Crippen LogP contribution in [0.4, 0.5) is 13.2 Å². The summed E-state index contributed by atoms with van der Waals surface area (Å²) in [7, 11) is 1.21. The van der Waals surface area contributed by atoms with Gasteiger partial charge in [0, 0.05) is 0 Å². The molecular weight excluding hydrogens is 305 g/mol. The number of rotatable bonds is 3. The summed E-state index contributed by atoms with van der Waals surface area (Å²) < 4.78 is 47.5. The van der Waals surface area contributed by atoms with Gasteiger partial charge in [-0.3, -0.25) is 0 Å². The van der Waals surface area contributed by atoms with Crippen molar-refractivity contribution < 1.29 is 22.6 Å². The second-order valence-electron chi connectivity index (χ2n) is 3.34. The zero-order valence-electron chi connectivity index (χ0n) is 9.30. The predicted molar refractivity (Wildman–Crippen MR) is 57.1 cm³/mol. The van der Waals surface area contributed by atoms with Crippen LogP contribution in [0.5, 0.6) is 11.8 Å². The van der Waals surface area contributed by atoms with Crippen LogP contribution in [0.3, 0.4) is 0 Å². The first-order chi connectivity index (χ1) is 7.75. The Kier molecular flexibility index (Phi) is 4.18. The summed E-state index contributed by atoms with van der Waals surface area (Å²) in [5.41, 5.74) is 0. The van der Waals surface area contributed by atoms with Crippen molar-refractivity contribution in [1.82, 2.24) is 9.97 Å². The fourth-order valence-corrected chi connectivity index (χ4v) is 1.40. The van der Waals surface area contributed by atoms with Crippen molar-refractivity contribution in [1.29, 1.82) is 0 Å². The molecule has 0 aliphatic heterocycles. The molecule has 0 aliphatic rings. The summed E-state index contributed by atoms with van der Waals surface area (Å²) in [6.45, 7) is 3.35. The predicted octanol–water partition coefficient (Wildman–Crippen LogP) is 3.05. The Morgan fingerprint density at radius 2 is 1.71 bits per heavy atom. The van der Waals surface area contributed by atoms with Gasteiger partial charge >= 0.3 is 6.18 Å². The Morgan fingerprint density at radius 1 is 1.18 bits per heavy atom. The Bertz CT molecular complexity index is 410. The fourth-order valence-electron chi connectivity index (χ4n) is 0.970. The van der Waals surface area contributed by atoms with E-state index in [1.807, 2.05) is 0 Å². The van der Waals surface area contributed by atoms with Gasteiger partial charge in [-0.15, -0.1) is 0 Å². The SMILES string of the molecule is COc1nc(C(F)(F)F)nc(OC(C)C)c1Br. The molecule has 0 bridgehead atoms. The van der Waals surface area contributed by atoms with Gasteiger partial charge in [0.1, 0.15) is 4.47 Å². The van der Waals surface area contributed by atoms with Crippen molar-refractivity contribution >= 4 is 15.9 Å². The monoisotopic (exact) mass is 314 g/mol. The summed E-state index contributed by atoms with van der Waals surface area (Å²) in [6.07, 6.45) is -4.96. The smallest absolute Gasteiger partial charge is 0.451 e. The molecule has 1 heterocycles. The van der Waals surface area contributed by atoms with Gasteiger partial charge in [-0.1, -0.05) is 0 Å². The van der Waals surface area contributed by atoms with Gasteiger partial charge in [0.15, 0.2) is 0 Å². The van der Waals surface area contributed by atoms with Gasteiger partial charge in [0.2, 0.25) is 17.6 Å². The molecule has 8 heteroatoms. The second-order valence-corrected chi connectivity index (χ2v) is 4.13. The zero-order valence-corrected chi connectivity index (χ0v) is 10.9. The molecule has 1 rings (SSSR count). The molecule has 1 aromatic heterocycles. The molecule has 0 saturated carbocycles. The molecule has 0 atom stereocenters. The molecule has 0 saturated heterocycles. The molecule has 4 nitrogen and oxygen atoms in total. The highest BCUT2D eigenvalue weighted by atomic mass is 79.9. The lowest BCUT2D eigenvalue weighted by atomic mass is 10.4. The standard InChI is InChI=1S/C9H10BrF3N2O2/c1-4(2)17-7-5(10)6(16-3)14-8(15-7)9(11,12)13/h4H,1-3H3. The van der Waals surface area contributed by atoms with E-state index in [9.17, 15) is 13.2 Å².